The number of H-pyrrole nitrogens is 1. The number of nitrogens with zero attached hydrogens (tertiary/aromatic N) is 2. The molecule has 7 heteroatoms. The van der Waals surface area contributed by atoms with Crippen LogP contribution in [0.1, 0.15) is 28.7 Å². The maximum absolute atomic E-state index is 13.0. The topological polar surface area (TPSA) is 60.6 Å². The van der Waals surface area contributed by atoms with Crippen molar-refractivity contribution in [3.8, 4) is 5.75 Å². The number of aryl methyl sites for hydroxylation is 2. The third-order valence-corrected chi connectivity index (χ3v) is 6.27. The molecule has 1 aromatic heterocycles. The zero-order valence-corrected chi connectivity index (χ0v) is 21.0. The van der Waals surface area contributed by atoms with Crippen molar-refractivity contribution >= 4 is 28.2 Å². The molecule has 0 saturated heterocycles. The Morgan fingerprint density at radius 1 is 1.09 bits per heavy atom. The van der Waals surface area contributed by atoms with Gasteiger partial charge in [-0.1, -0.05) is 24.3 Å². The molecular weight excluding hydrogens is 432 g/mol. The monoisotopic (exact) mass is 466 g/mol. The summed E-state index contributed by atoms with van der Waals surface area (Å²) in [6, 6.07) is 14.1. The van der Waals surface area contributed by atoms with Crippen molar-refractivity contribution in [2.45, 2.75) is 33.4 Å². The second kappa shape index (κ2) is 11.3. The van der Waals surface area contributed by atoms with Gasteiger partial charge < -0.3 is 24.8 Å². The molecule has 2 aromatic carbocycles. The average Bonchev–Trinajstić information content (AvgIpc) is 2.80. The van der Waals surface area contributed by atoms with Gasteiger partial charge in [-0.05, 0) is 93.4 Å². The molecule has 3 rings (SSSR count). The first-order valence-electron chi connectivity index (χ1n) is 11.2. The molecule has 1 heterocycles. The van der Waals surface area contributed by atoms with Crippen molar-refractivity contribution in [1.29, 1.82) is 0 Å². The third kappa shape index (κ3) is 6.55. The Morgan fingerprint density at radius 3 is 2.48 bits per heavy atom. The number of thiocarbonyl (C=S) groups is 1. The Labute approximate surface area is 201 Å². The van der Waals surface area contributed by atoms with E-state index in [0.717, 1.165) is 52.9 Å². The lowest BCUT2D eigenvalue weighted by molar-refractivity contribution is 0.383. The number of pyridine rings is 1. The molecule has 0 spiro atoms. The summed E-state index contributed by atoms with van der Waals surface area (Å²) >= 11 is 5.74. The van der Waals surface area contributed by atoms with Gasteiger partial charge in [-0.25, -0.2) is 0 Å². The van der Waals surface area contributed by atoms with Gasteiger partial charge in [0.25, 0.3) is 5.56 Å². The van der Waals surface area contributed by atoms with Crippen LogP contribution in [0.25, 0.3) is 10.9 Å². The SMILES string of the molecule is COc1ccc(CN(Cc2cc3ccc(C)c(C)c3[nH]c2=O)C(=S)NCCCN(C)C)cc1. The van der Waals surface area contributed by atoms with Crippen molar-refractivity contribution in [2.75, 3.05) is 34.3 Å². The minimum atomic E-state index is -0.0775. The number of hydrogen-bond acceptors (Lipinski definition) is 4. The lowest BCUT2D eigenvalue weighted by Crippen LogP contribution is -2.40. The number of hydrogen-bond donors (Lipinski definition) is 2. The fraction of sp³-hybridized carbons (Fsp3) is 0.385. The van der Waals surface area contributed by atoms with E-state index in [2.05, 4.69) is 48.4 Å². The summed E-state index contributed by atoms with van der Waals surface area (Å²) in [6.07, 6.45) is 0.985. The summed E-state index contributed by atoms with van der Waals surface area (Å²) in [4.78, 5) is 20.2. The molecule has 0 aliphatic rings. The van der Waals surface area contributed by atoms with E-state index in [1.165, 1.54) is 0 Å². The molecule has 0 aliphatic carbocycles. The normalized spacial score (nSPS) is 11.1. The zero-order chi connectivity index (χ0) is 24.0. The summed E-state index contributed by atoms with van der Waals surface area (Å²) in [5.41, 5.74) is 4.87. The molecule has 0 fully saturated rings. The lowest BCUT2D eigenvalue weighted by atomic mass is 10.0. The smallest absolute Gasteiger partial charge is 0.253 e. The van der Waals surface area contributed by atoms with Crippen LogP contribution in [0.4, 0.5) is 0 Å². The summed E-state index contributed by atoms with van der Waals surface area (Å²) in [6.45, 7) is 6.87. The Bertz CT molecular complexity index is 1160. The highest BCUT2D eigenvalue weighted by Crippen LogP contribution is 2.20. The Morgan fingerprint density at radius 2 is 1.82 bits per heavy atom. The van der Waals surface area contributed by atoms with E-state index < -0.39 is 0 Å². The Kier molecular flexibility index (Phi) is 8.47. The second-order valence-corrected chi connectivity index (χ2v) is 9.07. The van der Waals surface area contributed by atoms with Crippen LogP contribution in [-0.4, -0.2) is 54.2 Å². The number of rotatable bonds is 9. The highest BCUT2D eigenvalue weighted by molar-refractivity contribution is 7.80. The molecule has 0 aliphatic heterocycles. The van der Waals surface area contributed by atoms with E-state index in [-0.39, 0.29) is 5.56 Å². The molecule has 0 radical (unpaired) electrons. The van der Waals surface area contributed by atoms with Crippen LogP contribution in [-0.2, 0) is 13.1 Å². The molecular formula is C26H34N4O2S. The number of fused-ring (bicyclic) bond motifs is 1. The van der Waals surface area contributed by atoms with Gasteiger partial charge >= 0.3 is 0 Å². The maximum atomic E-state index is 13.0. The lowest BCUT2D eigenvalue weighted by Gasteiger charge is -2.26. The zero-order valence-electron chi connectivity index (χ0n) is 20.2. The van der Waals surface area contributed by atoms with Crippen molar-refractivity contribution < 1.29 is 4.74 Å². The van der Waals surface area contributed by atoms with Crippen molar-refractivity contribution in [2.24, 2.45) is 0 Å². The van der Waals surface area contributed by atoms with Crippen molar-refractivity contribution in [3.63, 3.8) is 0 Å². The maximum Gasteiger partial charge on any atom is 0.253 e. The van der Waals surface area contributed by atoms with Gasteiger partial charge in [-0.3, -0.25) is 4.79 Å². The largest absolute Gasteiger partial charge is 0.497 e. The van der Waals surface area contributed by atoms with Gasteiger partial charge in [-0.15, -0.1) is 0 Å². The number of aromatic nitrogens is 1. The molecule has 2 N–H and O–H groups in total. The quantitative estimate of drug-likeness (QED) is 0.367. The molecule has 176 valence electrons. The van der Waals surface area contributed by atoms with Crippen LogP contribution in [0, 0.1) is 13.8 Å². The predicted molar refractivity (Wildman–Crippen MR) is 140 cm³/mol. The summed E-state index contributed by atoms with van der Waals surface area (Å²) in [5.74, 6) is 0.811. The van der Waals surface area contributed by atoms with Crippen LogP contribution in [0.15, 0.2) is 47.3 Å². The van der Waals surface area contributed by atoms with E-state index in [1.807, 2.05) is 42.2 Å². The van der Waals surface area contributed by atoms with Gasteiger partial charge in [0, 0.05) is 18.7 Å². The second-order valence-electron chi connectivity index (χ2n) is 8.69. The summed E-state index contributed by atoms with van der Waals surface area (Å²) in [5, 5.41) is 5.04. The molecule has 0 bridgehead atoms. The summed E-state index contributed by atoms with van der Waals surface area (Å²) < 4.78 is 5.28. The van der Waals surface area contributed by atoms with E-state index in [9.17, 15) is 4.79 Å². The molecule has 3 aromatic rings. The van der Waals surface area contributed by atoms with E-state index >= 15 is 0 Å². The number of nitrogens with one attached hydrogen (secondary N) is 2. The molecule has 6 nitrogen and oxygen atoms in total. The number of aromatic amines is 1. The van der Waals surface area contributed by atoms with E-state index in [1.54, 1.807) is 7.11 Å². The average molecular weight is 467 g/mol. The first-order chi connectivity index (χ1) is 15.8. The molecule has 0 saturated carbocycles. The summed E-state index contributed by atoms with van der Waals surface area (Å²) in [7, 11) is 5.77. The van der Waals surface area contributed by atoms with Crippen LogP contribution in [0.5, 0.6) is 5.75 Å². The number of benzene rings is 2. The minimum Gasteiger partial charge on any atom is -0.497 e. The standard InChI is InChI=1S/C26H34N4O2S/c1-18-7-10-21-15-22(25(31)28-24(21)19(18)2)17-30(26(33)27-13-6-14-29(3)4)16-20-8-11-23(32-5)12-9-20/h7-12,15H,6,13-14,16-17H2,1-5H3,(H,27,33)(H,28,31). The van der Waals surface area contributed by atoms with Crippen LogP contribution < -0.4 is 15.6 Å². The van der Waals surface area contributed by atoms with Gasteiger partial charge in [0.15, 0.2) is 5.11 Å². The first kappa shape index (κ1) is 24.7. The van der Waals surface area contributed by atoms with Crippen LogP contribution >= 0.6 is 12.2 Å². The van der Waals surface area contributed by atoms with Crippen molar-refractivity contribution in [3.05, 3.63) is 75.1 Å². The molecule has 0 amide bonds. The first-order valence-corrected chi connectivity index (χ1v) is 11.6. The van der Waals surface area contributed by atoms with E-state index in [4.69, 9.17) is 17.0 Å². The highest BCUT2D eigenvalue weighted by atomic mass is 32.1. The Hall–Kier alpha value is -2.90. The van der Waals surface area contributed by atoms with Gasteiger partial charge in [0.2, 0.25) is 0 Å². The molecule has 0 unspecified atom stereocenters. The molecule has 0 atom stereocenters. The van der Waals surface area contributed by atoms with Crippen molar-refractivity contribution in [1.82, 2.24) is 20.1 Å². The number of methoxy groups -OCH3 is 1. The van der Waals surface area contributed by atoms with Crippen LogP contribution in [0.2, 0.25) is 0 Å². The number of ether oxygens (including phenoxy) is 1. The predicted octanol–water partition coefficient (Wildman–Crippen LogP) is 3.98. The van der Waals surface area contributed by atoms with Gasteiger partial charge in [0.1, 0.15) is 5.75 Å². The fourth-order valence-electron chi connectivity index (χ4n) is 3.75. The minimum absolute atomic E-state index is 0.0775. The third-order valence-electron chi connectivity index (χ3n) is 5.87. The van der Waals surface area contributed by atoms with Crippen LogP contribution in [0.3, 0.4) is 0 Å². The molecule has 33 heavy (non-hydrogen) atoms. The highest BCUT2D eigenvalue weighted by Gasteiger charge is 2.15. The van der Waals surface area contributed by atoms with Gasteiger partial charge in [-0.2, -0.15) is 0 Å². The van der Waals surface area contributed by atoms with E-state index in [0.29, 0.717) is 23.8 Å². The Balaban J connectivity index is 1.84. The van der Waals surface area contributed by atoms with Gasteiger partial charge in [0.05, 0.1) is 19.2 Å². The fourth-order valence-corrected chi connectivity index (χ4v) is 3.98.